The fourth-order valence-corrected chi connectivity index (χ4v) is 0.866. The van der Waals surface area contributed by atoms with E-state index in [1.54, 1.807) is 0 Å². The molecule has 0 aromatic heterocycles. The van der Waals surface area contributed by atoms with Crippen LogP contribution < -0.4 is 11.1 Å². The highest BCUT2D eigenvalue weighted by Crippen LogP contribution is 2.16. The molecule has 4 nitrogen and oxygen atoms in total. The van der Waals surface area contributed by atoms with Crippen LogP contribution in [0.5, 0.6) is 0 Å². The molecule has 4 heteroatoms. The number of carbonyl (C=O) groups is 1. The van der Waals surface area contributed by atoms with Crippen molar-refractivity contribution in [1.29, 1.82) is 0 Å². The van der Waals surface area contributed by atoms with E-state index in [-0.39, 0.29) is 17.9 Å². The predicted molar refractivity (Wildman–Crippen MR) is 56.7 cm³/mol. The summed E-state index contributed by atoms with van der Waals surface area (Å²) >= 11 is 0. The molecule has 2 atom stereocenters. The Hall–Kier alpha value is -0.610. The van der Waals surface area contributed by atoms with E-state index in [4.69, 9.17) is 5.73 Å². The maximum absolute atomic E-state index is 11.5. The second-order valence-corrected chi connectivity index (χ2v) is 4.65. The first-order valence-corrected chi connectivity index (χ1v) is 5.00. The Bertz CT molecular complexity index is 187. The highest BCUT2D eigenvalue weighted by Gasteiger charge is 2.27. The number of nitrogens with one attached hydrogen (secondary N) is 1. The Kier molecular flexibility index (Phi) is 5.08. The van der Waals surface area contributed by atoms with E-state index in [9.17, 15) is 9.90 Å². The zero-order chi connectivity index (χ0) is 11.4. The Morgan fingerprint density at radius 2 is 2.00 bits per heavy atom. The summed E-state index contributed by atoms with van der Waals surface area (Å²) in [5, 5.41) is 11.9. The fourth-order valence-electron chi connectivity index (χ4n) is 0.866. The van der Waals surface area contributed by atoms with Crippen LogP contribution in [0.15, 0.2) is 0 Å². The molecule has 0 saturated carbocycles. The van der Waals surface area contributed by atoms with Gasteiger partial charge in [0.05, 0.1) is 12.1 Å². The smallest absolute Gasteiger partial charge is 0.237 e. The Labute approximate surface area is 85.9 Å². The average molecular weight is 202 g/mol. The average Bonchev–Trinajstić information content (AvgIpc) is 2.10. The molecule has 0 radical (unpaired) electrons. The Morgan fingerprint density at radius 1 is 1.50 bits per heavy atom. The molecule has 4 N–H and O–H groups in total. The van der Waals surface area contributed by atoms with Crippen molar-refractivity contribution < 1.29 is 9.90 Å². The lowest BCUT2D eigenvalue weighted by atomic mass is 9.87. The SMILES string of the molecule is CCC(O)CNC(=O)[C@H](N)C(C)(C)C. The Balaban J connectivity index is 3.97. The van der Waals surface area contributed by atoms with Gasteiger partial charge in [0.1, 0.15) is 0 Å². The number of hydrogen-bond donors (Lipinski definition) is 3. The molecule has 1 amide bonds. The van der Waals surface area contributed by atoms with Crippen LogP contribution >= 0.6 is 0 Å². The van der Waals surface area contributed by atoms with Gasteiger partial charge in [-0.3, -0.25) is 4.79 Å². The molecule has 0 saturated heterocycles. The second kappa shape index (κ2) is 5.32. The van der Waals surface area contributed by atoms with E-state index in [0.717, 1.165) is 0 Å². The minimum Gasteiger partial charge on any atom is -0.391 e. The van der Waals surface area contributed by atoms with Crippen molar-refractivity contribution in [3.05, 3.63) is 0 Å². The first kappa shape index (κ1) is 13.4. The summed E-state index contributed by atoms with van der Waals surface area (Å²) in [6, 6.07) is -0.536. The number of aliphatic hydroxyl groups is 1. The predicted octanol–water partition coefficient (Wildman–Crippen LogP) is 0.247. The molecule has 0 aromatic rings. The molecule has 0 fully saturated rings. The Morgan fingerprint density at radius 3 is 2.36 bits per heavy atom. The topological polar surface area (TPSA) is 75.3 Å². The molecule has 0 spiro atoms. The first-order chi connectivity index (χ1) is 6.29. The van der Waals surface area contributed by atoms with E-state index in [2.05, 4.69) is 5.32 Å². The maximum atomic E-state index is 11.5. The first-order valence-electron chi connectivity index (χ1n) is 5.00. The zero-order valence-corrected chi connectivity index (χ0v) is 9.50. The normalized spacial score (nSPS) is 16.1. The van der Waals surface area contributed by atoms with Gasteiger partial charge in [-0.15, -0.1) is 0 Å². The fraction of sp³-hybridized carbons (Fsp3) is 0.900. The van der Waals surface area contributed by atoms with Crippen LogP contribution in [0.1, 0.15) is 34.1 Å². The maximum Gasteiger partial charge on any atom is 0.237 e. The highest BCUT2D eigenvalue weighted by atomic mass is 16.3. The number of rotatable bonds is 4. The molecule has 0 aliphatic rings. The molecule has 0 aliphatic carbocycles. The molecule has 0 aromatic carbocycles. The third-order valence-electron chi connectivity index (χ3n) is 2.20. The summed E-state index contributed by atoms with van der Waals surface area (Å²) in [6.07, 6.45) is 0.150. The van der Waals surface area contributed by atoms with Crippen LogP contribution in [0, 0.1) is 5.41 Å². The van der Waals surface area contributed by atoms with Crippen molar-refractivity contribution in [1.82, 2.24) is 5.32 Å². The summed E-state index contributed by atoms with van der Waals surface area (Å²) in [7, 11) is 0. The summed E-state index contributed by atoms with van der Waals surface area (Å²) in [5.74, 6) is -0.204. The van der Waals surface area contributed by atoms with Crippen LogP contribution in [0.3, 0.4) is 0 Å². The highest BCUT2D eigenvalue weighted by molar-refractivity contribution is 5.82. The van der Waals surface area contributed by atoms with Crippen molar-refractivity contribution in [3.63, 3.8) is 0 Å². The van der Waals surface area contributed by atoms with Gasteiger partial charge in [0.25, 0.3) is 0 Å². The minimum atomic E-state index is -0.536. The molecule has 84 valence electrons. The lowest BCUT2D eigenvalue weighted by Gasteiger charge is -2.26. The van der Waals surface area contributed by atoms with Gasteiger partial charge >= 0.3 is 0 Å². The van der Waals surface area contributed by atoms with Gasteiger partial charge in [-0.1, -0.05) is 27.7 Å². The van der Waals surface area contributed by atoms with Gasteiger partial charge in [0.2, 0.25) is 5.91 Å². The quantitative estimate of drug-likeness (QED) is 0.611. The summed E-state index contributed by atoms with van der Waals surface area (Å²) in [4.78, 5) is 11.5. The van der Waals surface area contributed by atoms with E-state index in [0.29, 0.717) is 6.42 Å². The second-order valence-electron chi connectivity index (χ2n) is 4.65. The van der Waals surface area contributed by atoms with Gasteiger partial charge in [-0.05, 0) is 11.8 Å². The van der Waals surface area contributed by atoms with E-state index in [1.807, 2.05) is 27.7 Å². The van der Waals surface area contributed by atoms with Crippen molar-refractivity contribution in [2.45, 2.75) is 46.3 Å². The number of carbonyl (C=O) groups excluding carboxylic acids is 1. The van der Waals surface area contributed by atoms with Crippen LogP contribution in [0.2, 0.25) is 0 Å². The standard InChI is InChI=1S/C10H22N2O2/c1-5-7(13)6-12-9(14)8(11)10(2,3)4/h7-8,13H,5-6,11H2,1-4H3,(H,12,14)/t7?,8-/m0/s1. The van der Waals surface area contributed by atoms with Crippen molar-refractivity contribution in [2.24, 2.45) is 11.1 Å². The van der Waals surface area contributed by atoms with Crippen molar-refractivity contribution in [2.75, 3.05) is 6.54 Å². The largest absolute Gasteiger partial charge is 0.391 e. The van der Waals surface area contributed by atoms with E-state index in [1.165, 1.54) is 0 Å². The molecule has 0 aliphatic heterocycles. The van der Waals surface area contributed by atoms with Gasteiger partial charge in [-0.2, -0.15) is 0 Å². The molecule has 1 unspecified atom stereocenters. The molecule has 0 rings (SSSR count). The zero-order valence-electron chi connectivity index (χ0n) is 9.50. The van der Waals surface area contributed by atoms with Crippen LogP contribution in [-0.4, -0.2) is 29.7 Å². The summed E-state index contributed by atoms with van der Waals surface area (Å²) < 4.78 is 0. The van der Waals surface area contributed by atoms with E-state index >= 15 is 0 Å². The summed E-state index contributed by atoms with van der Waals surface area (Å²) in [5.41, 5.74) is 5.48. The van der Waals surface area contributed by atoms with Gasteiger partial charge in [0, 0.05) is 6.54 Å². The van der Waals surface area contributed by atoms with Crippen molar-refractivity contribution in [3.8, 4) is 0 Å². The van der Waals surface area contributed by atoms with Gasteiger partial charge < -0.3 is 16.2 Å². The third kappa shape index (κ3) is 4.58. The van der Waals surface area contributed by atoms with Gasteiger partial charge in [-0.25, -0.2) is 0 Å². The number of amides is 1. The summed E-state index contributed by atoms with van der Waals surface area (Å²) in [6.45, 7) is 7.87. The molecular weight excluding hydrogens is 180 g/mol. The minimum absolute atomic E-state index is 0.204. The van der Waals surface area contributed by atoms with Crippen LogP contribution in [0.25, 0.3) is 0 Å². The number of nitrogens with two attached hydrogens (primary N) is 1. The van der Waals surface area contributed by atoms with Crippen LogP contribution in [-0.2, 0) is 4.79 Å². The lowest BCUT2D eigenvalue weighted by Crippen LogP contribution is -2.50. The van der Waals surface area contributed by atoms with Crippen LogP contribution in [0.4, 0.5) is 0 Å². The molecule has 0 heterocycles. The number of hydrogen-bond acceptors (Lipinski definition) is 3. The molecule has 14 heavy (non-hydrogen) atoms. The molecular formula is C10H22N2O2. The van der Waals surface area contributed by atoms with Gasteiger partial charge in [0.15, 0.2) is 0 Å². The van der Waals surface area contributed by atoms with Crippen molar-refractivity contribution >= 4 is 5.91 Å². The van der Waals surface area contributed by atoms with E-state index < -0.39 is 12.1 Å². The third-order valence-corrected chi connectivity index (χ3v) is 2.20. The lowest BCUT2D eigenvalue weighted by molar-refractivity contribution is -0.125. The monoisotopic (exact) mass is 202 g/mol. The number of aliphatic hydroxyl groups excluding tert-OH is 1. The molecule has 0 bridgehead atoms.